The summed E-state index contributed by atoms with van der Waals surface area (Å²) in [4.78, 5) is 40.2. The number of hydrogen-bond donors (Lipinski definition) is 2. The number of amides is 3. The maximum Gasteiger partial charge on any atom is 0.313 e. The Morgan fingerprint density at radius 2 is 1.93 bits per heavy atom. The Hall–Kier alpha value is -2.16. The van der Waals surface area contributed by atoms with E-state index in [1.165, 1.54) is 0 Å². The zero-order valence-electron chi connectivity index (χ0n) is 16.7. The summed E-state index contributed by atoms with van der Waals surface area (Å²) < 4.78 is 5.68. The third-order valence-electron chi connectivity index (χ3n) is 5.00. The van der Waals surface area contributed by atoms with Crippen LogP contribution in [0.15, 0.2) is 18.2 Å². The molecule has 0 aliphatic carbocycles. The van der Waals surface area contributed by atoms with Crippen molar-refractivity contribution in [3.63, 3.8) is 0 Å². The van der Waals surface area contributed by atoms with E-state index in [0.717, 1.165) is 19.5 Å². The Labute approximate surface area is 175 Å². The lowest BCUT2D eigenvalue weighted by atomic mass is 10.2. The van der Waals surface area contributed by atoms with E-state index >= 15 is 0 Å². The zero-order chi connectivity index (χ0) is 21.0. The van der Waals surface area contributed by atoms with E-state index in [2.05, 4.69) is 15.5 Å². The second-order valence-electron chi connectivity index (χ2n) is 7.54. The largest absolute Gasteiger partial charge is 0.373 e. The second-order valence-corrected chi connectivity index (χ2v) is 7.95. The molecule has 3 rings (SSSR count). The fourth-order valence-electron chi connectivity index (χ4n) is 3.75. The van der Waals surface area contributed by atoms with Crippen molar-refractivity contribution in [2.75, 3.05) is 42.9 Å². The minimum absolute atomic E-state index is 0.0362. The van der Waals surface area contributed by atoms with Crippen LogP contribution in [-0.4, -0.2) is 67.6 Å². The van der Waals surface area contributed by atoms with Gasteiger partial charge in [-0.2, -0.15) is 0 Å². The van der Waals surface area contributed by atoms with Gasteiger partial charge in [0.1, 0.15) is 0 Å². The van der Waals surface area contributed by atoms with Gasteiger partial charge in [0.05, 0.1) is 22.9 Å². The summed E-state index contributed by atoms with van der Waals surface area (Å²) in [5.41, 5.74) is 0.961. The Kier molecular flexibility index (Phi) is 7.10. The summed E-state index contributed by atoms with van der Waals surface area (Å²) >= 11 is 6.15. The monoisotopic (exact) mass is 422 g/mol. The van der Waals surface area contributed by atoms with Gasteiger partial charge in [0.15, 0.2) is 0 Å². The first-order chi connectivity index (χ1) is 13.8. The molecule has 1 aromatic rings. The summed E-state index contributed by atoms with van der Waals surface area (Å²) in [6.07, 6.45) is 1.60. The number of nitrogens with one attached hydrogen (secondary N) is 2. The van der Waals surface area contributed by atoms with Gasteiger partial charge in [-0.15, -0.1) is 0 Å². The fourth-order valence-corrected chi connectivity index (χ4v) is 3.92. The molecule has 2 atom stereocenters. The molecule has 2 N–H and O–H groups in total. The van der Waals surface area contributed by atoms with Crippen LogP contribution >= 0.6 is 11.6 Å². The maximum absolute atomic E-state index is 12.3. The number of benzene rings is 1. The molecule has 29 heavy (non-hydrogen) atoms. The molecule has 8 nitrogen and oxygen atoms in total. The molecule has 0 radical (unpaired) electrons. The second kappa shape index (κ2) is 9.56. The fraction of sp³-hybridized carbons (Fsp3) is 0.550. The first-order valence-electron chi connectivity index (χ1n) is 9.90. The van der Waals surface area contributed by atoms with Crippen LogP contribution in [0.3, 0.4) is 0 Å². The van der Waals surface area contributed by atoms with Crippen LogP contribution in [0.25, 0.3) is 0 Å². The molecule has 158 valence electrons. The molecule has 0 spiro atoms. The van der Waals surface area contributed by atoms with Crippen LogP contribution < -0.4 is 15.5 Å². The highest BCUT2D eigenvalue weighted by molar-refractivity contribution is 6.41. The van der Waals surface area contributed by atoms with Crippen molar-refractivity contribution >= 4 is 40.7 Å². The molecule has 0 aromatic heterocycles. The highest BCUT2D eigenvalue weighted by Crippen LogP contribution is 2.29. The van der Waals surface area contributed by atoms with E-state index < -0.39 is 11.8 Å². The van der Waals surface area contributed by atoms with Gasteiger partial charge in [-0.05, 0) is 38.5 Å². The van der Waals surface area contributed by atoms with E-state index in [-0.39, 0.29) is 18.1 Å². The number of hydrogen-bond acceptors (Lipinski definition) is 5. The standard InChI is InChI=1S/C20H27ClN4O4/c1-13-11-24(12-14(2)29-13)9-7-22-19(27)20(28)23-17-10-15(5-6-16(17)21)25-8-3-4-18(25)26/h5-6,10,13-14H,3-4,7-9,11-12H2,1-2H3,(H,22,27)(H,23,28). The van der Waals surface area contributed by atoms with Crippen LogP contribution in [0.5, 0.6) is 0 Å². The quantitative estimate of drug-likeness (QED) is 0.704. The molecule has 1 aromatic carbocycles. The Bertz CT molecular complexity index is 778. The molecular formula is C20H27ClN4O4. The maximum atomic E-state index is 12.3. The van der Waals surface area contributed by atoms with Crippen LogP contribution in [-0.2, 0) is 19.1 Å². The number of nitrogens with zero attached hydrogens (tertiary/aromatic N) is 2. The predicted molar refractivity (Wildman–Crippen MR) is 111 cm³/mol. The molecule has 3 amide bonds. The van der Waals surface area contributed by atoms with Crippen molar-refractivity contribution in [1.82, 2.24) is 10.2 Å². The summed E-state index contributed by atoms with van der Waals surface area (Å²) in [7, 11) is 0. The number of ether oxygens (including phenoxy) is 1. The average Bonchev–Trinajstić information content (AvgIpc) is 3.08. The molecule has 2 aliphatic rings. The molecular weight excluding hydrogens is 396 g/mol. The molecule has 2 unspecified atom stereocenters. The number of halogens is 1. The van der Waals surface area contributed by atoms with Crippen molar-refractivity contribution in [3.05, 3.63) is 23.2 Å². The highest BCUT2D eigenvalue weighted by atomic mass is 35.5. The van der Waals surface area contributed by atoms with E-state index in [1.54, 1.807) is 23.1 Å². The van der Waals surface area contributed by atoms with Gasteiger partial charge in [0.25, 0.3) is 0 Å². The molecule has 0 bridgehead atoms. The van der Waals surface area contributed by atoms with Crippen LogP contribution in [0.4, 0.5) is 11.4 Å². The normalized spacial score (nSPS) is 22.6. The molecule has 2 heterocycles. The molecule has 9 heteroatoms. The third kappa shape index (κ3) is 5.68. The molecule has 2 fully saturated rings. The minimum Gasteiger partial charge on any atom is -0.373 e. The molecule has 0 saturated carbocycles. The number of carbonyl (C=O) groups excluding carboxylic acids is 3. The third-order valence-corrected chi connectivity index (χ3v) is 5.33. The van der Waals surface area contributed by atoms with Gasteiger partial charge in [0.2, 0.25) is 5.91 Å². The summed E-state index contributed by atoms with van der Waals surface area (Å²) in [5.74, 6) is -1.48. The summed E-state index contributed by atoms with van der Waals surface area (Å²) in [6, 6.07) is 4.95. The van der Waals surface area contributed by atoms with E-state index in [0.29, 0.717) is 42.5 Å². The van der Waals surface area contributed by atoms with Crippen molar-refractivity contribution in [2.24, 2.45) is 0 Å². The molecule has 2 aliphatic heterocycles. The minimum atomic E-state index is -0.791. The van der Waals surface area contributed by atoms with Crippen LogP contribution in [0.1, 0.15) is 26.7 Å². The van der Waals surface area contributed by atoms with Crippen LogP contribution in [0, 0.1) is 0 Å². The van der Waals surface area contributed by atoms with E-state index in [1.807, 2.05) is 13.8 Å². The summed E-state index contributed by atoms with van der Waals surface area (Å²) in [5, 5.41) is 5.48. The zero-order valence-corrected chi connectivity index (χ0v) is 17.5. The number of anilines is 2. The summed E-state index contributed by atoms with van der Waals surface area (Å²) in [6.45, 7) is 7.26. The highest BCUT2D eigenvalue weighted by Gasteiger charge is 2.24. The predicted octanol–water partition coefficient (Wildman–Crippen LogP) is 1.63. The first kappa shape index (κ1) is 21.5. The van der Waals surface area contributed by atoms with Crippen molar-refractivity contribution in [3.8, 4) is 0 Å². The van der Waals surface area contributed by atoms with Gasteiger partial charge in [-0.3, -0.25) is 19.3 Å². The van der Waals surface area contributed by atoms with Gasteiger partial charge in [-0.1, -0.05) is 11.6 Å². The lowest BCUT2D eigenvalue weighted by Gasteiger charge is -2.35. The van der Waals surface area contributed by atoms with Crippen molar-refractivity contribution in [2.45, 2.75) is 38.9 Å². The van der Waals surface area contributed by atoms with Gasteiger partial charge in [-0.25, -0.2) is 0 Å². The van der Waals surface area contributed by atoms with Gasteiger partial charge in [0, 0.05) is 44.8 Å². The van der Waals surface area contributed by atoms with Gasteiger partial charge < -0.3 is 20.3 Å². The lowest BCUT2D eigenvalue weighted by molar-refractivity contribution is -0.136. The number of carbonyl (C=O) groups is 3. The average molecular weight is 423 g/mol. The Morgan fingerprint density at radius 3 is 2.59 bits per heavy atom. The molecule has 2 saturated heterocycles. The van der Waals surface area contributed by atoms with E-state index in [9.17, 15) is 14.4 Å². The van der Waals surface area contributed by atoms with Gasteiger partial charge >= 0.3 is 11.8 Å². The Morgan fingerprint density at radius 1 is 1.21 bits per heavy atom. The first-order valence-corrected chi connectivity index (χ1v) is 10.3. The van der Waals surface area contributed by atoms with Crippen molar-refractivity contribution < 1.29 is 19.1 Å². The SMILES string of the molecule is CC1CN(CCNC(=O)C(=O)Nc2cc(N3CCCC3=O)ccc2Cl)CC(C)O1. The van der Waals surface area contributed by atoms with Crippen LogP contribution in [0.2, 0.25) is 5.02 Å². The number of morpholine rings is 1. The topological polar surface area (TPSA) is 91.0 Å². The lowest BCUT2D eigenvalue weighted by Crippen LogP contribution is -2.48. The smallest absolute Gasteiger partial charge is 0.313 e. The van der Waals surface area contributed by atoms with E-state index in [4.69, 9.17) is 16.3 Å². The number of rotatable bonds is 5. The Balaban J connectivity index is 1.51. The van der Waals surface area contributed by atoms with Crippen molar-refractivity contribution in [1.29, 1.82) is 0 Å².